The van der Waals surface area contributed by atoms with E-state index in [-0.39, 0.29) is 5.92 Å². The van der Waals surface area contributed by atoms with E-state index in [1.165, 1.54) is 6.07 Å². The van der Waals surface area contributed by atoms with Gasteiger partial charge in [-0.1, -0.05) is 6.07 Å². The average molecular weight is 220 g/mol. The van der Waals surface area contributed by atoms with Gasteiger partial charge in [-0.3, -0.25) is 0 Å². The van der Waals surface area contributed by atoms with Gasteiger partial charge in [0.25, 0.3) is 0 Å². The van der Waals surface area contributed by atoms with E-state index in [1.807, 2.05) is 0 Å². The Morgan fingerprint density at radius 1 is 1.20 bits per heavy atom. The molecule has 0 N–H and O–H groups in total. The summed E-state index contributed by atoms with van der Waals surface area (Å²) in [4.78, 5) is 0. The molecule has 0 aromatic heterocycles. The van der Waals surface area contributed by atoms with Gasteiger partial charge in [-0.05, 0) is 30.4 Å². The molecule has 0 heterocycles. The second-order valence-corrected chi connectivity index (χ2v) is 3.51. The lowest BCUT2D eigenvalue weighted by Crippen LogP contribution is -2.17. The Hall–Kier alpha value is -1.26. The molecule has 0 amide bonds. The molecule has 0 bridgehead atoms. The van der Waals surface area contributed by atoms with Crippen LogP contribution < -0.4 is 4.74 Å². The largest absolute Gasteiger partial charge is 0.573 e. The van der Waals surface area contributed by atoms with Gasteiger partial charge in [0, 0.05) is 6.07 Å². The Kier molecular flexibility index (Phi) is 2.32. The van der Waals surface area contributed by atoms with Gasteiger partial charge in [-0.2, -0.15) is 0 Å². The molecule has 0 atom stereocenters. The summed E-state index contributed by atoms with van der Waals surface area (Å²) >= 11 is 0. The van der Waals surface area contributed by atoms with Crippen LogP contribution in [0.1, 0.15) is 24.3 Å². The quantitative estimate of drug-likeness (QED) is 0.692. The summed E-state index contributed by atoms with van der Waals surface area (Å²) in [5.74, 6) is -0.964. The van der Waals surface area contributed by atoms with Crippen molar-refractivity contribution in [3.05, 3.63) is 29.6 Å². The first-order valence-corrected chi connectivity index (χ1v) is 4.51. The van der Waals surface area contributed by atoms with Crippen molar-refractivity contribution in [3.8, 4) is 5.75 Å². The highest BCUT2D eigenvalue weighted by Gasteiger charge is 2.32. The third-order valence-electron chi connectivity index (χ3n) is 2.22. The molecule has 82 valence electrons. The molecule has 1 aliphatic carbocycles. The maximum atomic E-state index is 13.3. The van der Waals surface area contributed by atoms with Crippen molar-refractivity contribution in [2.24, 2.45) is 0 Å². The fourth-order valence-corrected chi connectivity index (χ4v) is 1.43. The molecule has 1 aliphatic rings. The van der Waals surface area contributed by atoms with Crippen LogP contribution in [0.2, 0.25) is 0 Å². The van der Waals surface area contributed by atoms with E-state index < -0.39 is 17.9 Å². The number of alkyl halides is 3. The highest BCUT2D eigenvalue weighted by Crippen LogP contribution is 2.42. The van der Waals surface area contributed by atoms with Crippen molar-refractivity contribution in [1.82, 2.24) is 0 Å². The van der Waals surface area contributed by atoms with Crippen molar-refractivity contribution in [2.45, 2.75) is 25.1 Å². The number of hydrogen-bond donors (Lipinski definition) is 0. The molecule has 1 fully saturated rings. The molecular weight excluding hydrogens is 212 g/mol. The summed E-state index contributed by atoms with van der Waals surface area (Å²) in [5.41, 5.74) is 0.476. The highest BCUT2D eigenvalue weighted by atomic mass is 19.4. The maximum absolute atomic E-state index is 13.3. The fraction of sp³-hybridized carbons (Fsp3) is 0.400. The van der Waals surface area contributed by atoms with Gasteiger partial charge in [0.2, 0.25) is 0 Å². The van der Waals surface area contributed by atoms with E-state index in [9.17, 15) is 17.6 Å². The van der Waals surface area contributed by atoms with Crippen LogP contribution in [-0.4, -0.2) is 6.36 Å². The minimum absolute atomic E-state index is 0.171. The zero-order valence-electron chi connectivity index (χ0n) is 7.64. The average Bonchev–Trinajstić information content (AvgIpc) is 2.84. The Morgan fingerprint density at radius 3 is 2.33 bits per heavy atom. The van der Waals surface area contributed by atoms with Crippen molar-refractivity contribution in [3.63, 3.8) is 0 Å². The minimum Gasteiger partial charge on any atom is -0.406 e. The zero-order valence-corrected chi connectivity index (χ0v) is 7.64. The van der Waals surface area contributed by atoms with Crippen LogP contribution >= 0.6 is 0 Å². The Morgan fingerprint density at radius 2 is 1.87 bits per heavy atom. The lowest BCUT2D eigenvalue weighted by Gasteiger charge is -2.09. The number of halogens is 4. The first kappa shape index (κ1) is 10.3. The number of rotatable bonds is 2. The molecule has 0 unspecified atom stereocenters. The summed E-state index contributed by atoms with van der Waals surface area (Å²) in [6.45, 7) is 0. The topological polar surface area (TPSA) is 9.23 Å². The van der Waals surface area contributed by atoms with Gasteiger partial charge >= 0.3 is 6.36 Å². The van der Waals surface area contributed by atoms with Crippen LogP contribution in [-0.2, 0) is 0 Å². The van der Waals surface area contributed by atoms with Gasteiger partial charge in [-0.25, -0.2) is 4.39 Å². The maximum Gasteiger partial charge on any atom is 0.573 e. The third kappa shape index (κ3) is 2.61. The van der Waals surface area contributed by atoms with Gasteiger partial charge in [0.05, 0.1) is 0 Å². The van der Waals surface area contributed by atoms with E-state index >= 15 is 0 Å². The smallest absolute Gasteiger partial charge is 0.406 e. The third-order valence-corrected chi connectivity index (χ3v) is 2.22. The molecule has 5 heteroatoms. The van der Waals surface area contributed by atoms with Crippen molar-refractivity contribution < 1.29 is 22.3 Å². The van der Waals surface area contributed by atoms with Gasteiger partial charge in [0.1, 0.15) is 11.6 Å². The molecule has 1 nitrogen and oxygen atoms in total. The number of ether oxygens (including phenoxy) is 1. The summed E-state index contributed by atoms with van der Waals surface area (Å²) in [6.07, 6.45) is -2.97. The Balaban J connectivity index is 2.17. The second-order valence-electron chi connectivity index (χ2n) is 3.51. The van der Waals surface area contributed by atoms with E-state index in [0.29, 0.717) is 5.56 Å². The molecule has 15 heavy (non-hydrogen) atoms. The van der Waals surface area contributed by atoms with Gasteiger partial charge < -0.3 is 4.74 Å². The van der Waals surface area contributed by atoms with E-state index in [4.69, 9.17) is 0 Å². The standard InChI is InChI=1S/C10H8F4O/c11-9-5-7(15-10(12,13)14)3-4-8(9)6-1-2-6/h3-6H,1-2H2. The molecule has 2 rings (SSSR count). The molecule has 0 aliphatic heterocycles. The van der Waals surface area contributed by atoms with E-state index in [1.54, 1.807) is 0 Å². The van der Waals surface area contributed by atoms with Crippen LogP contribution in [0.15, 0.2) is 18.2 Å². The minimum atomic E-state index is -4.77. The SMILES string of the molecule is Fc1cc(OC(F)(F)F)ccc1C1CC1. The fourth-order valence-electron chi connectivity index (χ4n) is 1.43. The first-order valence-electron chi connectivity index (χ1n) is 4.51. The second kappa shape index (κ2) is 3.40. The van der Waals surface area contributed by atoms with Crippen LogP contribution in [0, 0.1) is 5.82 Å². The predicted molar refractivity (Wildman–Crippen MR) is 45.1 cm³/mol. The molecule has 0 saturated heterocycles. The number of hydrogen-bond acceptors (Lipinski definition) is 1. The lowest BCUT2D eigenvalue weighted by atomic mass is 10.1. The normalized spacial score (nSPS) is 16.5. The lowest BCUT2D eigenvalue weighted by molar-refractivity contribution is -0.274. The van der Waals surface area contributed by atoms with Gasteiger partial charge in [0.15, 0.2) is 0 Å². The summed E-state index contributed by atoms with van der Waals surface area (Å²) in [7, 11) is 0. The predicted octanol–water partition coefficient (Wildman–Crippen LogP) is 3.60. The van der Waals surface area contributed by atoms with Gasteiger partial charge in [-0.15, -0.1) is 13.2 Å². The molecule has 1 saturated carbocycles. The monoisotopic (exact) mass is 220 g/mol. The van der Waals surface area contributed by atoms with E-state index in [2.05, 4.69) is 4.74 Å². The van der Waals surface area contributed by atoms with Crippen molar-refractivity contribution in [2.75, 3.05) is 0 Å². The van der Waals surface area contributed by atoms with E-state index in [0.717, 1.165) is 25.0 Å². The molecule has 0 spiro atoms. The Labute approximate surface area is 83.7 Å². The zero-order chi connectivity index (χ0) is 11.1. The number of benzene rings is 1. The highest BCUT2D eigenvalue weighted by molar-refractivity contribution is 5.33. The summed E-state index contributed by atoms with van der Waals surface area (Å²) in [6, 6.07) is 3.28. The molecule has 1 aromatic rings. The molecular formula is C10H8F4O. The molecule has 1 aromatic carbocycles. The van der Waals surface area contributed by atoms with Crippen LogP contribution in [0.4, 0.5) is 17.6 Å². The summed E-state index contributed by atoms with van der Waals surface area (Å²) in [5, 5.41) is 0. The Bertz CT molecular complexity index is 368. The first-order chi connectivity index (χ1) is 6.96. The van der Waals surface area contributed by atoms with Crippen molar-refractivity contribution >= 4 is 0 Å². The van der Waals surface area contributed by atoms with Crippen molar-refractivity contribution in [1.29, 1.82) is 0 Å². The van der Waals surface area contributed by atoms with Crippen LogP contribution in [0.3, 0.4) is 0 Å². The van der Waals surface area contributed by atoms with Crippen LogP contribution in [0.5, 0.6) is 5.75 Å². The van der Waals surface area contributed by atoms with Crippen LogP contribution in [0.25, 0.3) is 0 Å². The molecule has 0 radical (unpaired) electrons. The summed E-state index contributed by atoms with van der Waals surface area (Å²) < 4.78 is 52.3.